The van der Waals surface area contributed by atoms with Crippen LogP contribution in [0.5, 0.6) is 0 Å². The summed E-state index contributed by atoms with van der Waals surface area (Å²) in [7, 11) is 1.67. The summed E-state index contributed by atoms with van der Waals surface area (Å²) in [6.45, 7) is 5.05. The number of rotatable bonds is 4. The maximum Gasteiger partial charge on any atom is 0.318 e. The molecule has 1 aliphatic rings. The lowest BCUT2D eigenvalue weighted by molar-refractivity contribution is 0.159. The second kappa shape index (κ2) is 5.91. The minimum Gasteiger partial charge on any atom is -0.385 e. The normalized spacial score (nSPS) is 18.6. The van der Waals surface area contributed by atoms with Gasteiger partial charge < -0.3 is 19.5 Å². The smallest absolute Gasteiger partial charge is 0.318 e. The Bertz CT molecular complexity index is 403. The van der Waals surface area contributed by atoms with E-state index in [9.17, 15) is 4.79 Å². The number of carbonyl (C=O) groups is 1. The van der Waals surface area contributed by atoms with Crippen molar-refractivity contribution >= 4 is 6.03 Å². The highest BCUT2D eigenvalue weighted by molar-refractivity contribution is 5.74. The molecular formula is C13H21N3O2. The SMILES string of the molecule is COCCCNC(=O)N1CCn2cccc2C1C. The molecule has 0 radical (unpaired) electrons. The highest BCUT2D eigenvalue weighted by Crippen LogP contribution is 2.24. The number of amides is 2. The molecule has 1 unspecified atom stereocenters. The third-order valence-electron chi connectivity index (χ3n) is 3.40. The number of carbonyl (C=O) groups excluding carboxylic acids is 1. The summed E-state index contributed by atoms with van der Waals surface area (Å²) in [5, 5.41) is 2.94. The van der Waals surface area contributed by atoms with Crippen LogP contribution in [-0.4, -0.2) is 42.3 Å². The van der Waals surface area contributed by atoms with Gasteiger partial charge in [-0.2, -0.15) is 0 Å². The Hall–Kier alpha value is -1.49. The molecule has 1 aliphatic heterocycles. The van der Waals surface area contributed by atoms with Crippen LogP contribution in [0.2, 0.25) is 0 Å². The summed E-state index contributed by atoms with van der Waals surface area (Å²) in [6.07, 6.45) is 2.92. The van der Waals surface area contributed by atoms with Crippen molar-refractivity contribution in [3.63, 3.8) is 0 Å². The monoisotopic (exact) mass is 251 g/mol. The van der Waals surface area contributed by atoms with Gasteiger partial charge in [0.15, 0.2) is 0 Å². The molecule has 1 aromatic heterocycles. The van der Waals surface area contributed by atoms with Crippen molar-refractivity contribution in [3.05, 3.63) is 24.0 Å². The van der Waals surface area contributed by atoms with Gasteiger partial charge in [0.1, 0.15) is 0 Å². The highest BCUT2D eigenvalue weighted by Gasteiger charge is 2.26. The van der Waals surface area contributed by atoms with Gasteiger partial charge in [-0.05, 0) is 25.5 Å². The van der Waals surface area contributed by atoms with Crippen molar-refractivity contribution in [1.82, 2.24) is 14.8 Å². The van der Waals surface area contributed by atoms with E-state index in [4.69, 9.17) is 4.74 Å². The molecule has 0 aliphatic carbocycles. The highest BCUT2D eigenvalue weighted by atomic mass is 16.5. The van der Waals surface area contributed by atoms with Crippen LogP contribution in [0.4, 0.5) is 4.79 Å². The molecule has 0 bridgehead atoms. The van der Waals surface area contributed by atoms with Gasteiger partial charge in [0.2, 0.25) is 0 Å². The summed E-state index contributed by atoms with van der Waals surface area (Å²) in [5.41, 5.74) is 1.20. The van der Waals surface area contributed by atoms with E-state index in [-0.39, 0.29) is 12.1 Å². The van der Waals surface area contributed by atoms with Crippen LogP contribution in [0.25, 0.3) is 0 Å². The van der Waals surface area contributed by atoms with E-state index in [1.165, 1.54) is 5.69 Å². The number of nitrogens with zero attached hydrogens (tertiary/aromatic N) is 2. The van der Waals surface area contributed by atoms with Crippen LogP contribution in [-0.2, 0) is 11.3 Å². The molecule has 0 aromatic carbocycles. The predicted molar refractivity (Wildman–Crippen MR) is 69.4 cm³/mol. The second-order valence-corrected chi connectivity index (χ2v) is 4.57. The van der Waals surface area contributed by atoms with E-state index < -0.39 is 0 Å². The van der Waals surface area contributed by atoms with Crippen molar-refractivity contribution in [2.75, 3.05) is 26.8 Å². The molecular weight excluding hydrogens is 230 g/mol. The molecule has 2 heterocycles. The molecule has 1 N–H and O–H groups in total. The van der Waals surface area contributed by atoms with Crippen LogP contribution >= 0.6 is 0 Å². The van der Waals surface area contributed by atoms with E-state index in [1.807, 2.05) is 11.0 Å². The third kappa shape index (κ3) is 2.67. The van der Waals surface area contributed by atoms with Gasteiger partial charge in [0.05, 0.1) is 6.04 Å². The zero-order valence-electron chi connectivity index (χ0n) is 11.1. The van der Waals surface area contributed by atoms with Gasteiger partial charge >= 0.3 is 6.03 Å². The Balaban J connectivity index is 1.88. The van der Waals surface area contributed by atoms with Crippen LogP contribution < -0.4 is 5.32 Å². The van der Waals surface area contributed by atoms with Crippen molar-refractivity contribution in [2.24, 2.45) is 0 Å². The number of methoxy groups -OCH3 is 1. The molecule has 0 spiro atoms. The standard InChI is InChI=1S/C13H21N3O2/c1-11-12-5-3-7-15(12)8-9-16(11)13(17)14-6-4-10-18-2/h3,5,7,11H,4,6,8-10H2,1-2H3,(H,14,17). The molecule has 100 valence electrons. The fourth-order valence-corrected chi connectivity index (χ4v) is 2.37. The summed E-state index contributed by atoms with van der Waals surface area (Å²) in [5.74, 6) is 0. The first kappa shape index (κ1) is 13.0. The van der Waals surface area contributed by atoms with Crippen molar-refractivity contribution in [1.29, 1.82) is 0 Å². The number of fused-ring (bicyclic) bond motifs is 1. The number of nitrogens with one attached hydrogen (secondary N) is 1. The molecule has 5 heteroatoms. The van der Waals surface area contributed by atoms with Crippen LogP contribution in [0, 0.1) is 0 Å². The second-order valence-electron chi connectivity index (χ2n) is 4.57. The Morgan fingerprint density at radius 2 is 2.39 bits per heavy atom. The summed E-state index contributed by atoms with van der Waals surface area (Å²) in [4.78, 5) is 14.0. The lowest BCUT2D eigenvalue weighted by Gasteiger charge is -2.34. The van der Waals surface area contributed by atoms with Gasteiger partial charge in [-0.15, -0.1) is 0 Å². The lowest BCUT2D eigenvalue weighted by atomic mass is 10.1. The first-order valence-electron chi connectivity index (χ1n) is 6.42. The number of hydrogen-bond acceptors (Lipinski definition) is 2. The van der Waals surface area contributed by atoms with Crippen molar-refractivity contribution < 1.29 is 9.53 Å². The molecule has 0 saturated carbocycles. The topological polar surface area (TPSA) is 46.5 Å². The summed E-state index contributed by atoms with van der Waals surface area (Å²) < 4.78 is 7.17. The van der Waals surface area contributed by atoms with Gasteiger partial charge in [-0.3, -0.25) is 0 Å². The lowest BCUT2D eigenvalue weighted by Crippen LogP contribution is -2.46. The van der Waals surface area contributed by atoms with Crippen LogP contribution in [0.15, 0.2) is 18.3 Å². The fraction of sp³-hybridized carbons (Fsp3) is 0.615. The molecule has 1 aromatic rings. The molecule has 0 fully saturated rings. The Morgan fingerprint density at radius 1 is 1.56 bits per heavy atom. The fourth-order valence-electron chi connectivity index (χ4n) is 2.37. The van der Waals surface area contributed by atoms with Gasteiger partial charge in [0.25, 0.3) is 0 Å². The molecule has 2 rings (SSSR count). The van der Waals surface area contributed by atoms with E-state index >= 15 is 0 Å². The molecule has 5 nitrogen and oxygen atoms in total. The predicted octanol–water partition coefficient (Wildman–Crippen LogP) is 1.61. The molecule has 0 saturated heterocycles. The first-order chi connectivity index (χ1) is 8.74. The van der Waals surface area contributed by atoms with Crippen LogP contribution in [0.3, 0.4) is 0 Å². The largest absolute Gasteiger partial charge is 0.385 e. The third-order valence-corrected chi connectivity index (χ3v) is 3.40. The van der Waals surface area contributed by atoms with E-state index in [0.717, 1.165) is 19.5 Å². The average Bonchev–Trinajstić information content (AvgIpc) is 2.84. The number of urea groups is 1. The zero-order valence-corrected chi connectivity index (χ0v) is 11.1. The maximum atomic E-state index is 12.1. The van der Waals surface area contributed by atoms with Gasteiger partial charge in [0, 0.05) is 45.2 Å². The molecule has 1 atom stereocenters. The minimum atomic E-state index is 0.0195. The minimum absolute atomic E-state index is 0.0195. The van der Waals surface area contributed by atoms with Crippen molar-refractivity contribution in [2.45, 2.75) is 25.9 Å². The van der Waals surface area contributed by atoms with Crippen molar-refractivity contribution in [3.8, 4) is 0 Å². The Morgan fingerprint density at radius 3 is 3.17 bits per heavy atom. The Labute approximate surface area is 108 Å². The van der Waals surface area contributed by atoms with E-state index in [1.54, 1.807) is 7.11 Å². The number of ether oxygens (including phenoxy) is 1. The summed E-state index contributed by atoms with van der Waals surface area (Å²) >= 11 is 0. The van der Waals surface area contributed by atoms with E-state index in [2.05, 4.69) is 29.1 Å². The molecule has 18 heavy (non-hydrogen) atoms. The Kier molecular flexibility index (Phi) is 4.25. The molecule has 2 amide bonds. The quantitative estimate of drug-likeness (QED) is 0.826. The van der Waals surface area contributed by atoms with Crippen LogP contribution in [0.1, 0.15) is 25.1 Å². The van der Waals surface area contributed by atoms with Gasteiger partial charge in [-0.25, -0.2) is 4.79 Å². The van der Waals surface area contributed by atoms with E-state index in [0.29, 0.717) is 13.2 Å². The first-order valence-corrected chi connectivity index (χ1v) is 6.42. The zero-order chi connectivity index (χ0) is 13.0. The average molecular weight is 251 g/mol. The maximum absolute atomic E-state index is 12.1. The van der Waals surface area contributed by atoms with Gasteiger partial charge in [-0.1, -0.05) is 0 Å². The number of hydrogen-bond donors (Lipinski definition) is 1. The summed E-state index contributed by atoms with van der Waals surface area (Å²) in [6, 6.07) is 4.27. The number of aromatic nitrogens is 1.